The van der Waals surface area contributed by atoms with Crippen LogP contribution >= 0.6 is 23.4 Å². The number of amides is 1. The second-order valence-corrected chi connectivity index (χ2v) is 5.20. The first-order valence-corrected chi connectivity index (χ1v) is 6.84. The molecule has 2 nitrogen and oxygen atoms in total. The summed E-state index contributed by atoms with van der Waals surface area (Å²) < 4.78 is 0. The van der Waals surface area contributed by atoms with Crippen LogP contribution in [0.2, 0.25) is 0 Å². The topological polar surface area (TPSA) is 20.3 Å². The minimum atomic E-state index is 0.280. The first kappa shape index (κ1) is 12.2. The average Bonchev–Trinajstić information content (AvgIpc) is 2.69. The summed E-state index contributed by atoms with van der Waals surface area (Å²) >= 11 is 7.50. The van der Waals surface area contributed by atoms with E-state index in [0.717, 1.165) is 25.0 Å². The predicted molar refractivity (Wildman–Crippen MR) is 63.1 cm³/mol. The molecule has 1 atom stereocenters. The molecule has 0 aromatic heterocycles. The Morgan fingerprint density at radius 2 is 2.36 bits per heavy atom. The SMILES string of the molecule is CN(C(=O)CCCCCl)C1CCSC1. The van der Waals surface area contributed by atoms with Crippen LogP contribution in [0, 0.1) is 0 Å². The van der Waals surface area contributed by atoms with Crippen LogP contribution in [0.1, 0.15) is 25.7 Å². The second kappa shape index (κ2) is 6.57. The molecule has 1 saturated heterocycles. The molecule has 1 heterocycles. The Morgan fingerprint density at radius 1 is 1.57 bits per heavy atom. The number of rotatable bonds is 5. The van der Waals surface area contributed by atoms with Gasteiger partial charge in [0.05, 0.1) is 0 Å². The maximum absolute atomic E-state index is 11.7. The molecule has 1 aliphatic rings. The molecule has 0 aliphatic carbocycles. The van der Waals surface area contributed by atoms with Gasteiger partial charge < -0.3 is 4.90 Å². The van der Waals surface area contributed by atoms with E-state index in [1.807, 2.05) is 23.7 Å². The summed E-state index contributed by atoms with van der Waals surface area (Å²) in [5, 5.41) is 0. The molecular weight excluding hydrogens is 218 g/mol. The molecule has 1 fully saturated rings. The van der Waals surface area contributed by atoms with Crippen molar-refractivity contribution >= 4 is 29.3 Å². The third-order valence-electron chi connectivity index (χ3n) is 2.62. The standard InChI is InChI=1S/C10H18ClNOS/c1-12(9-5-7-14-8-9)10(13)4-2-3-6-11/h9H,2-8H2,1H3. The van der Waals surface area contributed by atoms with Crippen molar-refractivity contribution in [1.82, 2.24) is 4.90 Å². The lowest BCUT2D eigenvalue weighted by Gasteiger charge is -2.23. The highest BCUT2D eigenvalue weighted by Gasteiger charge is 2.22. The molecule has 0 aromatic rings. The Morgan fingerprint density at radius 3 is 2.93 bits per heavy atom. The summed E-state index contributed by atoms with van der Waals surface area (Å²) in [6.45, 7) is 0. The van der Waals surface area contributed by atoms with E-state index < -0.39 is 0 Å². The molecule has 0 spiro atoms. The minimum absolute atomic E-state index is 0.280. The first-order valence-electron chi connectivity index (χ1n) is 5.15. The Hall–Kier alpha value is 0.110. The number of halogens is 1. The van der Waals surface area contributed by atoms with E-state index in [0.29, 0.717) is 18.3 Å². The van der Waals surface area contributed by atoms with Gasteiger partial charge in [0, 0.05) is 31.1 Å². The number of unbranched alkanes of at least 4 members (excludes halogenated alkanes) is 1. The molecule has 0 radical (unpaired) electrons. The summed E-state index contributed by atoms with van der Waals surface area (Å²) in [7, 11) is 1.93. The van der Waals surface area contributed by atoms with Crippen molar-refractivity contribution < 1.29 is 4.79 Å². The summed E-state index contributed by atoms with van der Waals surface area (Å²) in [6.07, 6.45) is 3.68. The van der Waals surface area contributed by atoms with E-state index in [-0.39, 0.29) is 5.91 Å². The highest BCUT2D eigenvalue weighted by atomic mass is 35.5. The molecule has 0 bridgehead atoms. The Balaban J connectivity index is 2.21. The van der Waals surface area contributed by atoms with Gasteiger partial charge in [-0.05, 0) is 25.0 Å². The van der Waals surface area contributed by atoms with Crippen LogP contribution in [0.15, 0.2) is 0 Å². The van der Waals surface area contributed by atoms with E-state index >= 15 is 0 Å². The Kier molecular flexibility index (Phi) is 5.71. The van der Waals surface area contributed by atoms with Crippen molar-refractivity contribution in [1.29, 1.82) is 0 Å². The van der Waals surface area contributed by atoms with Crippen LogP contribution in [-0.2, 0) is 4.79 Å². The summed E-state index contributed by atoms with van der Waals surface area (Å²) in [5.74, 6) is 3.25. The molecule has 14 heavy (non-hydrogen) atoms. The number of carbonyl (C=O) groups is 1. The molecule has 1 rings (SSSR count). The molecule has 0 N–H and O–H groups in total. The van der Waals surface area contributed by atoms with Gasteiger partial charge in [0.2, 0.25) is 5.91 Å². The van der Waals surface area contributed by atoms with Gasteiger partial charge in [-0.25, -0.2) is 0 Å². The maximum Gasteiger partial charge on any atom is 0.222 e. The fourth-order valence-corrected chi connectivity index (χ4v) is 3.03. The van der Waals surface area contributed by atoms with Gasteiger partial charge >= 0.3 is 0 Å². The quantitative estimate of drug-likeness (QED) is 0.539. The molecule has 4 heteroatoms. The lowest BCUT2D eigenvalue weighted by atomic mass is 10.2. The third-order valence-corrected chi connectivity index (χ3v) is 4.03. The highest BCUT2D eigenvalue weighted by molar-refractivity contribution is 7.99. The van der Waals surface area contributed by atoms with Crippen molar-refractivity contribution in [2.45, 2.75) is 31.7 Å². The molecular formula is C10H18ClNOS. The number of carbonyl (C=O) groups excluding carboxylic acids is 1. The van der Waals surface area contributed by atoms with Gasteiger partial charge in [0.1, 0.15) is 0 Å². The fraction of sp³-hybridized carbons (Fsp3) is 0.900. The first-order chi connectivity index (χ1) is 6.75. The summed E-state index contributed by atoms with van der Waals surface area (Å²) in [5.41, 5.74) is 0. The number of hydrogen-bond acceptors (Lipinski definition) is 2. The van der Waals surface area contributed by atoms with E-state index in [1.165, 1.54) is 5.75 Å². The number of nitrogens with zero attached hydrogens (tertiary/aromatic N) is 1. The van der Waals surface area contributed by atoms with Crippen molar-refractivity contribution in [3.63, 3.8) is 0 Å². The largest absolute Gasteiger partial charge is 0.342 e. The van der Waals surface area contributed by atoms with Crippen LogP contribution in [-0.4, -0.2) is 41.3 Å². The fourth-order valence-electron chi connectivity index (χ4n) is 1.58. The van der Waals surface area contributed by atoms with Crippen LogP contribution in [0.5, 0.6) is 0 Å². The number of thioether (sulfide) groups is 1. The van der Waals surface area contributed by atoms with Crippen LogP contribution in [0.3, 0.4) is 0 Å². The Labute approximate surface area is 95.4 Å². The molecule has 1 amide bonds. The van der Waals surface area contributed by atoms with E-state index in [4.69, 9.17) is 11.6 Å². The molecule has 82 valence electrons. The molecule has 1 unspecified atom stereocenters. The van der Waals surface area contributed by atoms with E-state index in [1.54, 1.807) is 0 Å². The number of hydrogen-bond donors (Lipinski definition) is 0. The van der Waals surface area contributed by atoms with E-state index in [9.17, 15) is 4.79 Å². The smallest absolute Gasteiger partial charge is 0.222 e. The summed E-state index contributed by atoms with van der Waals surface area (Å²) in [6, 6.07) is 0.475. The van der Waals surface area contributed by atoms with Crippen LogP contribution < -0.4 is 0 Å². The van der Waals surface area contributed by atoms with Gasteiger partial charge in [0.15, 0.2) is 0 Å². The van der Waals surface area contributed by atoms with Crippen molar-refractivity contribution in [2.24, 2.45) is 0 Å². The van der Waals surface area contributed by atoms with Crippen molar-refractivity contribution in [3.8, 4) is 0 Å². The average molecular weight is 236 g/mol. The highest BCUT2D eigenvalue weighted by Crippen LogP contribution is 2.21. The van der Waals surface area contributed by atoms with E-state index in [2.05, 4.69) is 0 Å². The van der Waals surface area contributed by atoms with Crippen molar-refractivity contribution in [2.75, 3.05) is 24.4 Å². The minimum Gasteiger partial charge on any atom is -0.342 e. The summed E-state index contributed by atoms with van der Waals surface area (Å²) in [4.78, 5) is 13.6. The molecule has 0 saturated carbocycles. The van der Waals surface area contributed by atoms with Crippen molar-refractivity contribution in [3.05, 3.63) is 0 Å². The predicted octanol–water partition coefficient (Wildman–Crippen LogP) is 2.36. The van der Waals surface area contributed by atoms with Gasteiger partial charge in [-0.15, -0.1) is 11.6 Å². The maximum atomic E-state index is 11.7. The monoisotopic (exact) mass is 235 g/mol. The molecule has 0 aromatic carbocycles. The second-order valence-electron chi connectivity index (χ2n) is 3.67. The van der Waals surface area contributed by atoms with Gasteiger partial charge in [-0.3, -0.25) is 4.79 Å². The zero-order valence-corrected chi connectivity index (χ0v) is 10.2. The molecule has 1 aliphatic heterocycles. The van der Waals surface area contributed by atoms with Gasteiger partial charge in [-0.1, -0.05) is 0 Å². The lowest BCUT2D eigenvalue weighted by Crippen LogP contribution is -2.36. The normalized spacial score (nSPS) is 21.1. The Bertz CT molecular complexity index is 183. The third kappa shape index (κ3) is 3.70. The lowest BCUT2D eigenvalue weighted by molar-refractivity contribution is -0.131. The zero-order valence-electron chi connectivity index (χ0n) is 8.67. The van der Waals surface area contributed by atoms with Gasteiger partial charge in [-0.2, -0.15) is 11.8 Å². The number of alkyl halides is 1. The van der Waals surface area contributed by atoms with Crippen LogP contribution in [0.25, 0.3) is 0 Å². The zero-order chi connectivity index (χ0) is 10.4. The van der Waals surface area contributed by atoms with Crippen LogP contribution in [0.4, 0.5) is 0 Å². The van der Waals surface area contributed by atoms with Gasteiger partial charge in [0.25, 0.3) is 0 Å².